The SMILES string of the molecule is CCCC/C=C/C=C/C1C(=O)C[C@H](O)[C@H]1C/C=C\CCCC(=O)O. The van der Waals surface area contributed by atoms with E-state index < -0.39 is 12.1 Å². The quantitative estimate of drug-likeness (QED) is 0.339. The molecule has 0 heterocycles. The second-order valence-electron chi connectivity index (χ2n) is 6.38. The smallest absolute Gasteiger partial charge is 0.303 e. The Kier molecular flexibility index (Phi) is 10.0. The molecular formula is C20H30O4. The van der Waals surface area contributed by atoms with Gasteiger partial charge in [-0.1, -0.05) is 56.2 Å². The second-order valence-corrected chi connectivity index (χ2v) is 6.38. The normalized spacial score (nSPS) is 24.8. The third-order valence-electron chi connectivity index (χ3n) is 4.36. The number of hydrogen-bond donors (Lipinski definition) is 2. The molecule has 24 heavy (non-hydrogen) atoms. The number of aliphatic carboxylic acids is 1. The van der Waals surface area contributed by atoms with Crippen molar-refractivity contribution < 1.29 is 19.8 Å². The summed E-state index contributed by atoms with van der Waals surface area (Å²) in [5.41, 5.74) is 0. The van der Waals surface area contributed by atoms with Crippen LogP contribution in [0, 0.1) is 11.8 Å². The van der Waals surface area contributed by atoms with Crippen molar-refractivity contribution in [2.75, 3.05) is 0 Å². The lowest BCUT2D eigenvalue weighted by Gasteiger charge is -2.16. The summed E-state index contributed by atoms with van der Waals surface area (Å²) in [7, 11) is 0. The average molecular weight is 334 g/mol. The third-order valence-corrected chi connectivity index (χ3v) is 4.36. The van der Waals surface area contributed by atoms with Gasteiger partial charge in [-0.25, -0.2) is 0 Å². The number of hydrogen-bond acceptors (Lipinski definition) is 3. The van der Waals surface area contributed by atoms with Gasteiger partial charge < -0.3 is 10.2 Å². The highest BCUT2D eigenvalue weighted by Gasteiger charge is 2.38. The first-order valence-electron chi connectivity index (χ1n) is 8.97. The Morgan fingerprint density at radius 2 is 1.92 bits per heavy atom. The molecule has 2 N–H and O–H groups in total. The summed E-state index contributed by atoms with van der Waals surface area (Å²) in [5.74, 6) is -0.976. The molecule has 0 bridgehead atoms. The molecule has 0 saturated heterocycles. The van der Waals surface area contributed by atoms with Gasteiger partial charge in [0.15, 0.2) is 0 Å². The van der Waals surface area contributed by atoms with E-state index in [0.29, 0.717) is 19.3 Å². The number of aliphatic hydroxyl groups excluding tert-OH is 1. The Morgan fingerprint density at radius 3 is 2.62 bits per heavy atom. The van der Waals surface area contributed by atoms with Crippen LogP contribution in [0.15, 0.2) is 36.5 Å². The summed E-state index contributed by atoms with van der Waals surface area (Å²) >= 11 is 0. The first-order valence-corrected chi connectivity index (χ1v) is 8.97. The maximum Gasteiger partial charge on any atom is 0.303 e. The molecule has 1 saturated carbocycles. The van der Waals surface area contributed by atoms with Crippen LogP contribution in [0.2, 0.25) is 0 Å². The summed E-state index contributed by atoms with van der Waals surface area (Å²) in [6, 6.07) is 0. The van der Waals surface area contributed by atoms with Crippen LogP contribution >= 0.6 is 0 Å². The average Bonchev–Trinajstić information content (AvgIpc) is 2.80. The van der Waals surface area contributed by atoms with Crippen molar-refractivity contribution in [1.29, 1.82) is 0 Å². The summed E-state index contributed by atoms with van der Waals surface area (Å²) < 4.78 is 0. The van der Waals surface area contributed by atoms with E-state index >= 15 is 0 Å². The van der Waals surface area contributed by atoms with E-state index in [1.165, 1.54) is 12.8 Å². The van der Waals surface area contributed by atoms with Gasteiger partial charge in [0, 0.05) is 24.7 Å². The topological polar surface area (TPSA) is 74.6 Å². The van der Waals surface area contributed by atoms with Crippen molar-refractivity contribution >= 4 is 11.8 Å². The molecular weight excluding hydrogens is 304 g/mol. The van der Waals surface area contributed by atoms with Gasteiger partial charge in [0.2, 0.25) is 0 Å². The lowest BCUT2D eigenvalue weighted by molar-refractivity contribution is -0.137. The van der Waals surface area contributed by atoms with Gasteiger partial charge in [-0.05, 0) is 25.7 Å². The molecule has 0 radical (unpaired) electrons. The molecule has 4 heteroatoms. The molecule has 0 aromatic heterocycles. The molecule has 0 amide bonds. The lowest BCUT2D eigenvalue weighted by Crippen LogP contribution is -2.18. The fraction of sp³-hybridized carbons (Fsp3) is 0.600. The molecule has 0 spiro atoms. The number of rotatable bonds is 11. The number of unbranched alkanes of at least 4 members (excludes halogenated alkanes) is 3. The van der Waals surface area contributed by atoms with Crippen LogP contribution in [0.1, 0.15) is 58.3 Å². The van der Waals surface area contributed by atoms with Crippen LogP contribution < -0.4 is 0 Å². The fourth-order valence-electron chi connectivity index (χ4n) is 2.95. The van der Waals surface area contributed by atoms with Gasteiger partial charge in [0.25, 0.3) is 0 Å². The van der Waals surface area contributed by atoms with E-state index in [2.05, 4.69) is 13.0 Å². The maximum absolute atomic E-state index is 12.0. The number of carbonyl (C=O) groups excluding carboxylic acids is 1. The predicted molar refractivity (Wildman–Crippen MR) is 95.7 cm³/mol. The number of carboxylic acid groups (broad SMARTS) is 1. The van der Waals surface area contributed by atoms with Crippen molar-refractivity contribution in [1.82, 2.24) is 0 Å². The molecule has 0 aliphatic heterocycles. The molecule has 3 atom stereocenters. The highest BCUT2D eigenvalue weighted by atomic mass is 16.4. The zero-order chi connectivity index (χ0) is 17.8. The highest BCUT2D eigenvalue weighted by molar-refractivity contribution is 5.86. The molecule has 0 aromatic carbocycles. The minimum Gasteiger partial charge on any atom is -0.481 e. The maximum atomic E-state index is 12.0. The lowest BCUT2D eigenvalue weighted by atomic mass is 9.90. The Labute approximate surface area is 145 Å². The van der Waals surface area contributed by atoms with Crippen molar-refractivity contribution in [3.63, 3.8) is 0 Å². The zero-order valence-corrected chi connectivity index (χ0v) is 14.6. The molecule has 1 aliphatic carbocycles. The van der Waals surface area contributed by atoms with Crippen LogP contribution in [0.3, 0.4) is 0 Å². The molecule has 134 valence electrons. The van der Waals surface area contributed by atoms with Crippen molar-refractivity contribution in [2.24, 2.45) is 11.8 Å². The standard InChI is InChI=1S/C20H30O4/c1-2-3-4-5-6-9-12-16-17(19(22)15-18(16)21)13-10-7-8-11-14-20(23)24/h5-7,9-10,12,16-17,19,22H,2-4,8,11,13-15H2,1H3,(H,23,24)/b6-5+,10-7-,12-9+/t16?,17-,19-/m0/s1. The van der Waals surface area contributed by atoms with Crippen LogP contribution in [0.5, 0.6) is 0 Å². The number of allylic oxidation sites excluding steroid dienone is 6. The Hall–Kier alpha value is -1.68. The van der Waals surface area contributed by atoms with Gasteiger partial charge in [-0.3, -0.25) is 9.59 Å². The Bertz CT molecular complexity index is 476. The zero-order valence-electron chi connectivity index (χ0n) is 14.6. The number of carboxylic acids is 1. The number of aliphatic hydroxyl groups is 1. The van der Waals surface area contributed by atoms with E-state index in [1.807, 2.05) is 30.4 Å². The Morgan fingerprint density at radius 1 is 1.17 bits per heavy atom. The minimum atomic E-state index is -0.780. The summed E-state index contributed by atoms with van der Waals surface area (Å²) in [6.45, 7) is 2.15. The third kappa shape index (κ3) is 7.73. The van der Waals surface area contributed by atoms with Gasteiger partial charge in [-0.15, -0.1) is 0 Å². The first-order chi connectivity index (χ1) is 11.6. The largest absolute Gasteiger partial charge is 0.481 e. The molecule has 1 rings (SSSR count). The Balaban J connectivity index is 2.45. The van der Waals surface area contributed by atoms with Crippen LogP contribution in [-0.2, 0) is 9.59 Å². The van der Waals surface area contributed by atoms with Gasteiger partial charge in [0.05, 0.1) is 6.10 Å². The molecule has 1 fully saturated rings. The van der Waals surface area contributed by atoms with E-state index in [0.717, 1.165) is 6.42 Å². The van der Waals surface area contributed by atoms with Crippen molar-refractivity contribution in [2.45, 2.75) is 64.4 Å². The van der Waals surface area contributed by atoms with Gasteiger partial charge >= 0.3 is 5.97 Å². The fourth-order valence-corrected chi connectivity index (χ4v) is 2.95. The van der Waals surface area contributed by atoms with E-state index in [1.54, 1.807) is 0 Å². The minimum absolute atomic E-state index is 0.0754. The van der Waals surface area contributed by atoms with Gasteiger partial charge in [-0.2, -0.15) is 0 Å². The molecule has 1 aliphatic rings. The highest BCUT2D eigenvalue weighted by Crippen LogP contribution is 2.33. The van der Waals surface area contributed by atoms with Crippen molar-refractivity contribution in [3.05, 3.63) is 36.5 Å². The van der Waals surface area contributed by atoms with Crippen LogP contribution in [0.4, 0.5) is 0 Å². The molecule has 4 nitrogen and oxygen atoms in total. The monoisotopic (exact) mass is 334 g/mol. The second kappa shape index (κ2) is 11.8. The van der Waals surface area contributed by atoms with E-state index in [9.17, 15) is 14.7 Å². The number of carbonyl (C=O) groups is 2. The summed E-state index contributed by atoms with van der Waals surface area (Å²) in [4.78, 5) is 22.5. The van der Waals surface area contributed by atoms with Crippen molar-refractivity contribution in [3.8, 4) is 0 Å². The number of Topliss-reactive ketones (excluding diaryl/α,β-unsaturated/α-hetero) is 1. The van der Waals surface area contributed by atoms with Gasteiger partial charge in [0.1, 0.15) is 5.78 Å². The molecule has 0 aromatic rings. The van der Waals surface area contributed by atoms with E-state index in [4.69, 9.17) is 5.11 Å². The summed E-state index contributed by atoms with van der Waals surface area (Å²) in [5, 5.41) is 18.7. The summed E-state index contributed by atoms with van der Waals surface area (Å²) in [6.07, 6.45) is 17.0. The van der Waals surface area contributed by atoms with E-state index in [-0.39, 0.29) is 30.5 Å². The predicted octanol–water partition coefficient (Wildman–Crippen LogP) is 4.06. The first kappa shape index (κ1) is 20.4. The number of ketones is 1. The van der Waals surface area contributed by atoms with Crippen LogP contribution in [0.25, 0.3) is 0 Å². The molecule has 1 unspecified atom stereocenters. The van der Waals surface area contributed by atoms with Crippen LogP contribution in [-0.4, -0.2) is 28.1 Å².